The Morgan fingerprint density at radius 2 is 1.70 bits per heavy atom. The van der Waals surface area contributed by atoms with Gasteiger partial charge in [0.15, 0.2) is 6.04 Å². The molecule has 0 aliphatic carbocycles. The molecular formula is C21H36N6+2. The summed E-state index contributed by atoms with van der Waals surface area (Å²) in [5.74, 6) is 1.68. The van der Waals surface area contributed by atoms with Crippen LogP contribution in [0.4, 0.5) is 0 Å². The molecule has 27 heavy (non-hydrogen) atoms. The lowest BCUT2D eigenvalue weighted by molar-refractivity contribution is -1.03. The Bertz CT molecular complexity index is 695. The normalized spacial score (nSPS) is 22.1. The summed E-state index contributed by atoms with van der Waals surface area (Å²) in [6.07, 6.45) is 1.12. The summed E-state index contributed by atoms with van der Waals surface area (Å²) < 4.78 is 2.04. The number of quaternary nitrogens is 2. The molecule has 6 nitrogen and oxygen atoms in total. The number of tetrazole rings is 1. The maximum Gasteiger partial charge on any atom is 0.209 e. The third-order valence-electron chi connectivity index (χ3n) is 5.54. The molecule has 0 saturated carbocycles. The van der Waals surface area contributed by atoms with Crippen molar-refractivity contribution in [3.8, 4) is 0 Å². The van der Waals surface area contributed by atoms with Crippen molar-refractivity contribution in [1.82, 2.24) is 20.2 Å². The van der Waals surface area contributed by atoms with E-state index < -0.39 is 0 Å². The Morgan fingerprint density at radius 1 is 1.04 bits per heavy atom. The standard InChI is InChI=1S/C21H34N6/c1-17(2)15-19(20-22-23-24-27(20)21(3,4)5)26-13-11-25(12-14-26)16-18-9-7-6-8-10-18/h6-10,17,19H,11-16H2,1-5H3/p+2/t19-/m1/s1. The SMILES string of the molecule is CC(C)C[C@H](c1nnnn1C(C)(C)C)[NH+]1CC[NH+](Cc2ccccc2)CC1. The van der Waals surface area contributed by atoms with E-state index in [1.807, 2.05) is 4.68 Å². The zero-order chi connectivity index (χ0) is 19.4. The molecular weight excluding hydrogens is 336 g/mol. The van der Waals surface area contributed by atoms with E-state index in [9.17, 15) is 0 Å². The van der Waals surface area contributed by atoms with Crippen LogP contribution in [0.2, 0.25) is 0 Å². The van der Waals surface area contributed by atoms with Crippen LogP contribution in [0.3, 0.4) is 0 Å². The van der Waals surface area contributed by atoms with Crippen molar-refractivity contribution >= 4 is 0 Å². The first-order valence-corrected chi connectivity index (χ1v) is 10.4. The summed E-state index contributed by atoms with van der Waals surface area (Å²) in [5.41, 5.74) is 1.35. The van der Waals surface area contributed by atoms with E-state index >= 15 is 0 Å². The van der Waals surface area contributed by atoms with Gasteiger partial charge >= 0.3 is 0 Å². The van der Waals surface area contributed by atoms with Gasteiger partial charge in [-0.3, -0.25) is 0 Å². The van der Waals surface area contributed by atoms with Crippen molar-refractivity contribution in [2.45, 2.75) is 59.2 Å². The zero-order valence-electron chi connectivity index (χ0n) is 17.6. The molecule has 1 aromatic carbocycles. The topological polar surface area (TPSA) is 52.5 Å². The molecule has 0 unspecified atom stereocenters. The molecule has 2 N–H and O–H groups in total. The fraction of sp³-hybridized carbons (Fsp3) is 0.667. The van der Waals surface area contributed by atoms with Crippen molar-refractivity contribution in [2.75, 3.05) is 26.2 Å². The molecule has 1 aliphatic heterocycles. The number of nitrogens with one attached hydrogen (secondary N) is 2. The van der Waals surface area contributed by atoms with Gasteiger partial charge in [0, 0.05) is 12.0 Å². The van der Waals surface area contributed by atoms with Gasteiger partial charge in [-0.05, 0) is 37.1 Å². The van der Waals surface area contributed by atoms with E-state index in [1.54, 1.807) is 9.80 Å². The summed E-state index contributed by atoms with van der Waals surface area (Å²) in [6, 6.07) is 11.2. The van der Waals surface area contributed by atoms with Crippen LogP contribution >= 0.6 is 0 Å². The van der Waals surface area contributed by atoms with Gasteiger partial charge in [0.25, 0.3) is 0 Å². The Hall–Kier alpha value is -1.79. The molecule has 1 aliphatic rings. The minimum absolute atomic E-state index is 0.0894. The van der Waals surface area contributed by atoms with Crippen LogP contribution in [0.15, 0.2) is 30.3 Å². The van der Waals surface area contributed by atoms with Crippen molar-refractivity contribution in [3.63, 3.8) is 0 Å². The van der Waals surface area contributed by atoms with Gasteiger partial charge < -0.3 is 9.80 Å². The number of hydrogen-bond donors (Lipinski definition) is 2. The quantitative estimate of drug-likeness (QED) is 0.776. The maximum atomic E-state index is 4.47. The lowest BCUT2D eigenvalue weighted by atomic mass is 9.99. The highest BCUT2D eigenvalue weighted by atomic mass is 15.6. The van der Waals surface area contributed by atoms with E-state index in [2.05, 4.69) is 80.5 Å². The predicted molar refractivity (Wildman–Crippen MR) is 107 cm³/mol. The highest BCUT2D eigenvalue weighted by Gasteiger charge is 2.36. The smallest absolute Gasteiger partial charge is 0.209 e. The molecule has 3 rings (SSSR count). The van der Waals surface area contributed by atoms with Crippen LogP contribution in [0, 0.1) is 5.92 Å². The van der Waals surface area contributed by atoms with Crippen molar-refractivity contribution in [3.05, 3.63) is 41.7 Å². The molecule has 1 saturated heterocycles. The minimum atomic E-state index is -0.0894. The molecule has 0 spiro atoms. The summed E-state index contributed by atoms with van der Waals surface area (Å²) in [6.45, 7) is 17.0. The first kappa shape index (κ1) is 20.0. The minimum Gasteiger partial charge on any atom is -0.322 e. The summed E-state index contributed by atoms with van der Waals surface area (Å²) in [4.78, 5) is 3.32. The molecule has 6 heteroatoms. The Balaban J connectivity index is 1.70. The average molecular weight is 373 g/mol. The van der Waals surface area contributed by atoms with Crippen LogP contribution < -0.4 is 9.80 Å². The van der Waals surface area contributed by atoms with Crippen LogP contribution in [0.1, 0.15) is 58.5 Å². The third kappa shape index (κ3) is 5.14. The summed E-state index contributed by atoms with van der Waals surface area (Å²) >= 11 is 0. The molecule has 0 radical (unpaired) electrons. The zero-order valence-corrected chi connectivity index (χ0v) is 17.6. The lowest BCUT2D eigenvalue weighted by Gasteiger charge is -2.35. The molecule has 148 valence electrons. The van der Waals surface area contributed by atoms with E-state index in [-0.39, 0.29) is 5.54 Å². The number of nitrogens with zero attached hydrogens (tertiary/aromatic N) is 4. The van der Waals surface area contributed by atoms with E-state index in [0.29, 0.717) is 12.0 Å². The average Bonchev–Trinajstić information content (AvgIpc) is 3.11. The van der Waals surface area contributed by atoms with E-state index in [0.717, 1.165) is 18.8 Å². The second-order valence-electron chi connectivity index (χ2n) is 9.37. The number of piperazine rings is 1. The van der Waals surface area contributed by atoms with Crippen LogP contribution in [-0.4, -0.2) is 46.4 Å². The van der Waals surface area contributed by atoms with Gasteiger partial charge in [0.1, 0.15) is 32.7 Å². The second kappa shape index (κ2) is 8.48. The summed E-state index contributed by atoms with van der Waals surface area (Å²) in [7, 11) is 0. The molecule has 2 aromatic rings. The molecule has 0 amide bonds. The van der Waals surface area contributed by atoms with Crippen LogP contribution in [-0.2, 0) is 12.1 Å². The van der Waals surface area contributed by atoms with Crippen molar-refractivity contribution < 1.29 is 9.80 Å². The van der Waals surface area contributed by atoms with Gasteiger partial charge in [-0.2, -0.15) is 0 Å². The maximum absolute atomic E-state index is 4.47. The van der Waals surface area contributed by atoms with Gasteiger partial charge in [-0.15, -0.1) is 5.10 Å². The molecule has 1 atom stereocenters. The Kier molecular flexibility index (Phi) is 6.27. The number of rotatable bonds is 6. The first-order chi connectivity index (χ1) is 12.8. The van der Waals surface area contributed by atoms with Gasteiger partial charge in [0.2, 0.25) is 5.82 Å². The third-order valence-corrected chi connectivity index (χ3v) is 5.54. The van der Waals surface area contributed by atoms with Gasteiger partial charge in [-0.1, -0.05) is 44.2 Å². The van der Waals surface area contributed by atoms with Crippen LogP contribution in [0.5, 0.6) is 0 Å². The van der Waals surface area contributed by atoms with Gasteiger partial charge in [-0.25, -0.2) is 4.68 Å². The second-order valence-corrected chi connectivity index (χ2v) is 9.37. The predicted octanol–water partition coefficient (Wildman–Crippen LogP) is 0.499. The van der Waals surface area contributed by atoms with Crippen molar-refractivity contribution in [2.24, 2.45) is 5.92 Å². The van der Waals surface area contributed by atoms with Crippen LogP contribution in [0.25, 0.3) is 0 Å². The highest BCUT2D eigenvalue weighted by Crippen LogP contribution is 2.21. The Morgan fingerprint density at radius 3 is 2.30 bits per heavy atom. The molecule has 1 fully saturated rings. The number of benzene rings is 1. The van der Waals surface area contributed by atoms with E-state index in [4.69, 9.17) is 0 Å². The largest absolute Gasteiger partial charge is 0.322 e. The fourth-order valence-corrected chi connectivity index (χ4v) is 4.15. The Labute approximate surface area is 163 Å². The number of hydrogen-bond acceptors (Lipinski definition) is 3. The van der Waals surface area contributed by atoms with Crippen molar-refractivity contribution in [1.29, 1.82) is 0 Å². The lowest BCUT2D eigenvalue weighted by Crippen LogP contribution is -3.27. The summed E-state index contributed by atoms with van der Waals surface area (Å²) in [5, 5.41) is 12.8. The van der Waals surface area contributed by atoms with E-state index in [1.165, 1.54) is 31.7 Å². The molecule has 0 bridgehead atoms. The van der Waals surface area contributed by atoms with Gasteiger partial charge in [0.05, 0.1) is 5.54 Å². The number of aromatic nitrogens is 4. The fourth-order valence-electron chi connectivity index (χ4n) is 4.15. The molecule has 2 heterocycles. The molecule has 1 aromatic heterocycles. The first-order valence-electron chi connectivity index (χ1n) is 10.4. The highest BCUT2D eigenvalue weighted by molar-refractivity contribution is 5.13. The monoisotopic (exact) mass is 372 g/mol.